The molecule has 228 valence electrons. The van der Waals surface area contributed by atoms with Gasteiger partial charge in [0.1, 0.15) is 0 Å². The molecule has 0 heterocycles. The molecule has 0 rings (SSSR count). The van der Waals surface area contributed by atoms with Crippen molar-refractivity contribution in [3.63, 3.8) is 0 Å². The van der Waals surface area contributed by atoms with Gasteiger partial charge in [0.05, 0.1) is 46.2 Å². The maximum absolute atomic E-state index is 14.0. The zero-order chi connectivity index (χ0) is 29.1. The van der Waals surface area contributed by atoms with Crippen molar-refractivity contribution in [2.75, 3.05) is 46.2 Å². The topological polar surface area (TPSA) is 188 Å². The first kappa shape index (κ1) is 37.7. The Morgan fingerprint density at radius 2 is 0.789 bits per heavy atom. The minimum atomic E-state index is -4.94. The maximum Gasteiger partial charge on any atom is 0.399 e. The minimum Gasteiger partial charge on any atom is -0.465 e. The molecule has 0 saturated heterocycles. The number of carbonyl (C=O) groups excluding carboxylic acids is 1. The standard InChI is InChI=1S/C18H39O17P3/c1-8-23-18(19)16(36(20,30-24-9-2)31-25-10-3)15-17(37(21,32-26-11-4)33-27-12-5)38(22,34-28-13-6)35-29-14-7/h16-17H,8-15H2,1-7H3. The summed E-state index contributed by atoms with van der Waals surface area (Å²) in [5.41, 5.74) is -2.03. The monoisotopic (exact) mass is 620 g/mol. The second kappa shape index (κ2) is 20.5. The molecule has 0 aromatic carbocycles. The summed E-state index contributed by atoms with van der Waals surface area (Å²) in [4.78, 5) is 41.8. The van der Waals surface area contributed by atoms with Gasteiger partial charge in [0.15, 0.2) is 11.1 Å². The number of carbonyl (C=O) groups is 1. The molecule has 0 saturated carbocycles. The van der Waals surface area contributed by atoms with Crippen LogP contribution in [0.4, 0.5) is 0 Å². The van der Waals surface area contributed by atoms with E-state index in [0.29, 0.717) is 0 Å². The summed E-state index contributed by atoms with van der Waals surface area (Å²) in [6.45, 7) is 9.30. The molecule has 0 aliphatic heterocycles. The van der Waals surface area contributed by atoms with Crippen molar-refractivity contribution in [2.24, 2.45) is 0 Å². The Bertz CT molecular complexity index is 711. The van der Waals surface area contributed by atoms with Crippen LogP contribution in [0.25, 0.3) is 0 Å². The molecule has 0 spiro atoms. The normalized spacial score (nSPS) is 13.7. The van der Waals surface area contributed by atoms with Gasteiger partial charge >= 0.3 is 28.8 Å². The largest absolute Gasteiger partial charge is 0.465 e. The zero-order valence-electron chi connectivity index (χ0n) is 22.6. The van der Waals surface area contributed by atoms with Crippen molar-refractivity contribution >= 4 is 28.8 Å². The zero-order valence-corrected chi connectivity index (χ0v) is 25.3. The highest BCUT2D eigenvalue weighted by molar-refractivity contribution is 7.72. The molecule has 0 aliphatic rings. The van der Waals surface area contributed by atoms with Gasteiger partial charge in [-0.1, -0.05) is 0 Å². The van der Waals surface area contributed by atoms with Gasteiger partial charge in [0.25, 0.3) is 0 Å². The average Bonchev–Trinajstić information content (AvgIpc) is 2.90. The van der Waals surface area contributed by atoms with Gasteiger partial charge in [-0.05, 0) is 54.9 Å². The number of hydrogen-bond donors (Lipinski definition) is 0. The molecule has 0 N–H and O–H groups in total. The van der Waals surface area contributed by atoms with Crippen LogP contribution in [0.5, 0.6) is 0 Å². The van der Waals surface area contributed by atoms with Gasteiger partial charge < -0.3 is 4.74 Å². The maximum atomic E-state index is 14.0. The molecule has 0 fully saturated rings. The molecule has 1 unspecified atom stereocenters. The molecule has 17 nitrogen and oxygen atoms in total. The van der Waals surface area contributed by atoms with E-state index in [-0.39, 0.29) is 46.2 Å². The summed E-state index contributed by atoms with van der Waals surface area (Å²) in [6.07, 6.45) is -1.01. The second-order valence-electron chi connectivity index (χ2n) is 6.49. The smallest absolute Gasteiger partial charge is 0.399 e. The SMILES string of the molecule is CCOOP(=O)(OOCC)C(CC(P(=O)(OOCC)OOCC)P(=O)(OOCC)OOCC)C(=O)OCC. The highest BCUT2D eigenvalue weighted by Crippen LogP contribution is 2.73. The highest BCUT2D eigenvalue weighted by atomic mass is 31.2. The molecule has 0 aromatic heterocycles. The first-order valence-electron chi connectivity index (χ1n) is 11.9. The number of hydrogen-bond acceptors (Lipinski definition) is 17. The molecular formula is C18H39O17P3. The molecule has 20 heteroatoms. The van der Waals surface area contributed by atoms with Crippen LogP contribution in [-0.4, -0.2) is 63.3 Å². The van der Waals surface area contributed by atoms with Crippen LogP contribution in [0.2, 0.25) is 0 Å². The first-order valence-corrected chi connectivity index (χ1v) is 16.7. The third-order valence-corrected chi connectivity index (χ3v) is 10.4. The lowest BCUT2D eigenvalue weighted by Gasteiger charge is -2.31. The van der Waals surface area contributed by atoms with Gasteiger partial charge in [-0.3, -0.25) is 18.5 Å². The molecule has 0 bridgehead atoms. The van der Waals surface area contributed by atoms with Crippen molar-refractivity contribution in [1.82, 2.24) is 0 Å². The van der Waals surface area contributed by atoms with E-state index in [0.717, 1.165) is 0 Å². The van der Waals surface area contributed by atoms with E-state index in [1.807, 2.05) is 0 Å². The Kier molecular flexibility index (Phi) is 20.4. The van der Waals surface area contributed by atoms with Gasteiger partial charge in [-0.15, -0.1) is 28.0 Å². The third-order valence-electron chi connectivity index (χ3n) is 3.75. The molecule has 0 aromatic rings. The highest BCUT2D eigenvalue weighted by Gasteiger charge is 2.60. The van der Waals surface area contributed by atoms with Crippen LogP contribution >= 0.6 is 22.8 Å². The fourth-order valence-corrected chi connectivity index (χ4v) is 8.43. The summed E-state index contributed by atoms with van der Waals surface area (Å²) in [7, 11) is -14.7. The molecule has 0 radical (unpaired) electrons. The van der Waals surface area contributed by atoms with Crippen molar-refractivity contribution in [2.45, 2.75) is 65.9 Å². The minimum absolute atomic E-state index is 0.128. The van der Waals surface area contributed by atoms with Crippen molar-refractivity contribution in [3.8, 4) is 0 Å². The van der Waals surface area contributed by atoms with E-state index in [2.05, 4.69) is 0 Å². The Morgan fingerprint density at radius 1 is 0.500 bits per heavy atom. The second-order valence-corrected chi connectivity index (χ2v) is 12.9. The third kappa shape index (κ3) is 12.5. The fraction of sp³-hybridized carbons (Fsp3) is 0.944. The Hall–Kier alpha value is -0.320. The Balaban J connectivity index is 7.04. The van der Waals surface area contributed by atoms with E-state index in [9.17, 15) is 18.5 Å². The van der Waals surface area contributed by atoms with Crippen molar-refractivity contribution < 1.29 is 80.6 Å². The molecular weight excluding hydrogens is 581 g/mol. The van der Waals surface area contributed by atoms with E-state index < -0.39 is 46.2 Å². The van der Waals surface area contributed by atoms with Crippen LogP contribution in [0.15, 0.2) is 0 Å². The summed E-state index contributed by atoms with van der Waals surface area (Å²) in [5.74, 6) is -1.21. The summed E-state index contributed by atoms with van der Waals surface area (Å²) < 4.78 is 76.2. The van der Waals surface area contributed by atoms with E-state index in [4.69, 9.17) is 62.1 Å². The lowest BCUT2D eigenvalue weighted by Crippen LogP contribution is -2.31. The number of rotatable bonds is 25. The predicted octanol–water partition coefficient (Wildman–Crippen LogP) is 5.02. The van der Waals surface area contributed by atoms with E-state index >= 15 is 0 Å². The van der Waals surface area contributed by atoms with Crippen LogP contribution < -0.4 is 0 Å². The molecule has 0 aliphatic carbocycles. The van der Waals surface area contributed by atoms with Crippen LogP contribution in [-0.2, 0) is 80.6 Å². The Morgan fingerprint density at radius 3 is 1.05 bits per heavy atom. The van der Waals surface area contributed by atoms with E-state index in [1.54, 1.807) is 0 Å². The van der Waals surface area contributed by atoms with Crippen LogP contribution in [0.1, 0.15) is 54.9 Å². The van der Waals surface area contributed by atoms with Gasteiger partial charge in [-0.2, -0.15) is 0 Å². The summed E-state index contributed by atoms with van der Waals surface area (Å²) >= 11 is 0. The molecule has 0 amide bonds. The Labute approximate surface area is 222 Å². The fourth-order valence-electron chi connectivity index (χ4n) is 2.32. The van der Waals surface area contributed by atoms with Gasteiger partial charge in [0, 0.05) is 0 Å². The molecule has 38 heavy (non-hydrogen) atoms. The first-order chi connectivity index (χ1) is 18.1. The summed E-state index contributed by atoms with van der Waals surface area (Å²) in [6, 6.07) is 0. The van der Waals surface area contributed by atoms with Crippen LogP contribution in [0, 0.1) is 0 Å². The quantitative estimate of drug-likeness (QED) is 0.0572. The van der Waals surface area contributed by atoms with Crippen molar-refractivity contribution in [1.29, 1.82) is 0 Å². The number of esters is 1. The van der Waals surface area contributed by atoms with Crippen molar-refractivity contribution in [3.05, 3.63) is 0 Å². The van der Waals surface area contributed by atoms with Gasteiger partial charge in [0.2, 0.25) is 0 Å². The van der Waals surface area contributed by atoms with E-state index in [1.165, 1.54) is 48.5 Å². The summed E-state index contributed by atoms with van der Waals surface area (Å²) in [5, 5.41) is -2.18. The lowest BCUT2D eigenvalue weighted by molar-refractivity contribution is -0.272. The average molecular weight is 620 g/mol. The lowest BCUT2D eigenvalue weighted by atomic mass is 10.3. The van der Waals surface area contributed by atoms with Gasteiger partial charge in [-0.25, -0.2) is 29.3 Å². The number of ether oxygens (including phenoxy) is 1. The predicted molar refractivity (Wildman–Crippen MR) is 128 cm³/mol. The molecule has 1 atom stereocenters. The van der Waals surface area contributed by atoms with Crippen LogP contribution in [0.3, 0.4) is 0 Å².